The van der Waals surface area contributed by atoms with Gasteiger partial charge in [0.2, 0.25) is 5.91 Å². The third-order valence-electron chi connectivity index (χ3n) is 4.83. The van der Waals surface area contributed by atoms with Crippen LogP contribution in [0.4, 0.5) is 11.5 Å². The predicted octanol–water partition coefficient (Wildman–Crippen LogP) is 2.30. The van der Waals surface area contributed by atoms with Crippen molar-refractivity contribution in [3.63, 3.8) is 0 Å². The number of carbonyl (C=O) groups is 1. The van der Waals surface area contributed by atoms with Gasteiger partial charge >= 0.3 is 0 Å². The van der Waals surface area contributed by atoms with Crippen LogP contribution < -0.4 is 15.0 Å². The quantitative estimate of drug-likeness (QED) is 0.763. The van der Waals surface area contributed by atoms with E-state index in [0.29, 0.717) is 12.3 Å². The second-order valence-corrected chi connectivity index (χ2v) is 6.73. The van der Waals surface area contributed by atoms with Crippen molar-refractivity contribution in [1.82, 2.24) is 19.6 Å². The number of carbonyl (C=O) groups excluding carboxylic acids is 1. The minimum atomic E-state index is -0.0899. The lowest BCUT2D eigenvalue weighted by Crippen LogP contribution is -2.41. The summed E-state index contributed by atoms with van der Waals surface area (Å²) < 4.78 is 6.89. The number of ether oxygens (including phenoxy) is 1. The third-order valence-corrected chi connectivity index (χ3v) is 4.83. The van der Waals surface area contributed by atoms with Gasteiger partial charge < -0.3 is 15.0 Å². The molecular weight excluding hydrogens is 344 g/mol. The summed E-state index contributed by atoms with van der Waals surface area (Å²) in [6.07, 6.45) is 3.31. The Morgan fingerprint density at radius 1 is 1.30 bits per heavy atom. The number of piperidine rings is 1. The fourth-order valence-electron chi connectivity index (χ4n) is 3.45. The molecule has 1 saturated heterocycles. The van der Waals surface area contributed by atoms with E-state index in [4.69, 9.17) is 4.74 Å². The van der Waals surface area contributed by atoms with Crippen molar-refractivity contribution in [2.45, 2.75) is 19.8 Å². The molecule has 1 aliphatic rings. The molecule has 3 heterocycles. The molecule has 0 saturated carbocycles. The van der Waals surface area contributed by atoms with Gasteiger partial charge in [0.05, 0.1) is 13.0 Å². The van der Waals surface area contributed by atoms with Crippen molar-refractivity contribution in [2.24, 2.45) is 5.92 Å². The molecule has 27 heavy (non-hydrogen) atoms. The molecule has 1 N–H and O–H groups in total. The zero-order valence-electron chi connectivity index (χ0n) is 15.4. The van der Waals surface area contributed by atoms with E-state index in [0.717, 1.165) is 42.3 Å². The predicted molar refractivity (Wildman–Crippen MR) is 102 cm³/mol. The van der Waals surface area contributed by atoms with Crippen LogP contribution in [0.25, 0.3) is 5.78 Å². The molecule has 1 aliphatic heterocycles. The summed E-state index contributed by atoms with van der Waals surface area (Å²) in [6, 6.07) is 9.37. The molecule has 4 rings (SSSR count). The molecule has 0 radical (unpaired) electrons. The van der Waals surface area contributed by atoms with Gasteiger partial charge in [-0.3, -0.25) is 4.79 Å². The van der Waals surface area contributed by atoms with Crippen LogP contribution in [0.15, 0.2) is 36.7 Å². The van der Waals surface area contributed by atoms with Gasteiger partial charge in [-0.1, -0.05) is 0 Å². The second kappa shape index (κ2) is 7.22. The molecule has 0 spiro atoms. The highest BCUT2D eigenvalue weighted by Crippen LogP contribution is 2.25. The normalized spacial score (nSPS) is 17.1. The molecular formula is C19H22N6O2. The first-order valence-corrected chi connectivity index (χ1v) is 9.01. The number of hydrogen-bond acceptors (Lipinski definition) is 6. The zero-order chi connectivity index (χ0) is 18.8. The van der Waals surface area contributed by atoms with Crippen LogP contribution in [-0.2, 0) is 4.79 Å². The lowest BCUT2D eigenvalue weighted by molar-refractivity contribution is -0.120. The SMILES string of the molecule is COc1ccc(NC(=O)[C@H]2CCCN(c3cc(C)nc4ncnn34)C2)cc1. The maximum Gasteiger partial charge on any atom is 0.254 e. The molecule has 140 valence electrons. The Morgan fingerprint density at radius 2 is 2.11 bits per heavy atom. The van der Waals surface area contributed by atoms with Crippen molar-refractivity contribution in [1.29, 1.82) is 0 Å². The standard InChI is InChI=1S/C19H22N6O2/c1-13-10-17(25-19(22-13)20-12-21-25)24-9-3-4-14(11-24)18(26)23-15-5-7-16(27-2)8-6-15/h5-8,10,12,14H,3-4,9,11H2,1-2H3,(H,23,26)/t14-/m0/s1. The van der Waals surface area contributed by atoms with Crippen molar-refractivity contribution in [3.8, 4) is 5.75 Å². The minimum Gasteiger partial charge on any atom is -0.497 e. The molecule has 8 nitrogen and oxygen atoms in total. The molecule has 1 amide bonds. The molecule has 0 aliphatic carbocycles. The van der Waals surface area contributed by atoms with Crippen LogP contribution in [0.2, 0.25) is 0 Å². The Balaban J connectivity index is 1.50. The lowest BCUT2D eigenvalue weighted by Gasteiger charge is -2.33. The van der Waals surface area contributed by atoms with Crippen LogP contribution in [-0.4, -0.2) is 45.7 Å². The number of fused-ring (bicyclic) bond motifs is 1. The van der Waals surface area contributed by atoms with Gasteiger partial charge in [0.15, 0.2) is 0 Å². The number of anilines is 2. The number of benzene rings is 1. The van der Waals surface area contributed by atoms with Gasteiger partial charge in [0.1, 0.15) is 17.9 Å². The van der Waals surface area contributed by atoms with E-state index in [1.807, 2.05) is 37.3 Å². The number of rotatable bonds is 4. The van der Waals surface area contributed by atoms with E-state index in [2.05, 4.69) is 25.3 Å². The summed E-state index contributed by atoms with van der Waals surface area (Å²) in [4.78, 5) is 23.5. The first-order chi connectivity index (χ1) is 13.1. The Kier molecular flexibility index (Phi) is 4.62. The Labute approximate surface area is 157 Å². The first kappa shape index (κ1) is 17.3. The Bertz CT molecular complexity index is 952. The molecule has 1 fully saturated rings. The van der Waals surface area contributed by atoms with Crippen LogP contribution in [0.5, 0.6) is 5.75 Å². The van der Waals surface area contributed by atoms with Crippen molar-refractivity contribution in [3.05, 3.63) is 42.4 Å². The average molecular weight is 366 g/mol. The third kappa shape index (κ3) is 3.55. The second-order valence-electron chi connectivity index (χ2n) is 6.73. The van der Waals surface area contributed by atoms with Crippen LogP contribution in [0, 0.1) is 12.8 Å². The fourth-order valence-corrected chi connectivity index (χ4v) is 3.45. The molecule has 0 bridgehead atoms. The molecule has 2 aromatic heterocycles. The Morgan fingerprint density at radius 3 is 2.89 bits per heavy atom. The van der Waals surface area contributed by atoms with E-state index in [9.17, 15) is 4.79 Å². The van der Waals surface area contributed by atoms with Gasteiger partial charge in [-0.25, -0.2) is 4.98 Å². The summed E-state index contributed by atoms with van der Waals surface area (Å²) >= 11 is 0. The highest BCUT2D eigenvalue weighted by molar-refractivity contribution is 5.93. The summed E-state index contributed by atoms with van der Waals surface area (Å²) in [5.74, 6) is 2.21. The first-order valence-electron chi connectivity index (χ1n) is 9.01. The van der Waals surface area contributed by atoms with Crippen molar-refractivity contribution in [2.75, 3.05) is 30.4 Å². The van der Waals surface area contributed by atoms with Gasteiger partial charge in [-0.05, 0) is 44.0 Å². The fraction of sp³-hybridized carbons (Fsp3) is 0.368. The number of amides is 1. The molecule has 1 atom stereocenters. The van der Waals surface area contributed by atoms with Crippen molar-refractivity contribution >= 4 is 23.2 Å². The molecule has 8 heteroatoms. The number of nitrogens with one attached hydrogen (secondary N) is 1. The number of methoxy groups -OCH3 is 1. The monoisotopic (exact) mass is 366 g/mol. The van der Waals surface area contributed by atoms with Gasteiger partial charge in [-0.15, -0.1) is 0 Å². The van der Waals surface area contributed by atoms with Crippen LogP contribution in [0.1, 0.15) is 18.5 Å². The zero-order valence-corrected chi connectivity index (χ0v) is 15.4. The summed E-state index contributed by atoms with van der Waals surface area (Å²) in [7, 11) is 1.62. The van der Waals surface area contributed by atoms with E-state index < -0.39 is 0 Å². The van der Waals surface area contributed by atoms with Crippen molar-refractivity contribution < 1.29 is 9.53 Å². The average Bonchev–Trinajstić information content (AvgIpc) is 3.16. The number of nitrogens with zero attached hydrogens (tertiary/aromatic N) is 5. The molecule has 0 unspecified atom stereocenters. The smallest absolute Gasteiger partial charge is 0.254 e. The maximum absolute atomic E-state index is 12.8. The lowest BCUT2D eigenvalue weighted by atomic mass is 9.97. The van der Waals surface area contributed by atoms with E-state index >= 15 is 0 Å². The van der Waals surface area contributed by atoms with E-state index in [1.165, 1.54) is 6.33 Å². The van der Waals surface area contributed by atoms with Crippen LogP contribution >= 0.6 is 0 Å². The van der Waals surface area contributed by atoms with E-state index in [1.54, 1.807) is 11.6 Å². The number of aryl methyl sites for hydroxylation is 1. The highest BCUT2D eigenvalue weighted by Gasteiger charge is 2.27. The largest absolute Gasteiger partial charge is 0.497 e. The van der Waals surface area contributed by atoms with Gasteiger partial charge in [0, 0.05) is 30.5 Å². The topological polar surface area (TPSA) is 84.6 Å². The maximum atomic E-state index is 12.8. The highest BCUT2D eigenvalue weighted by atomic mass is 16.5. The summed E-state index contributed by atoms with van der Waals surface area (Å²) in [5.41, 5.74) is 1.66. The van der Waals surface area contributed by atoms with Gasteiger partial charge in [-0.2, -0.15) is 14.6 Å². The molecule has 3 aromatic rings. The van der Waals surface area contributed by atoms with Crippen LogP contribution in [0.3, 0.4) is 0 Å². The Hall–Kier alpha value is -3.16. The number of aromatic nitrogens is 4. The summed E-state index contributed by atoms with van der Waals surface area (Å²) in [5, 5.41) is 7.29. The summed E-state index contributed by atoms with van der Waals surface area (Å²) in [6.45, 7) is 3.46. The minimum absolute atomic E-state index is 0.0329. The van der Waals surface area contributed by atoms with E-state index in [-0.39, 0.29) is 11.8 Å². The number of hydrogen-bond donors (Lipinski definition) is 1. The molecule has 1 aromatic carbocycles. The van der Waals surface area contributed by atoms with Gasteiger partial charge in [0.25, 0.3) is 5.78 Å².